The van der Waals surface area contributed by atoms with Gasteiger partial charge in [0.2, 0.25) is 0 Å². The van der Waals surface area contributed by atoms with E-state index in [-0.39, 0.29) is 11.4 Å². The van der Waals surface area contributed by atoms with Crippen LogP contribution in [0.15, 0.2) is 42.6 Å². The second-order valence-electron chi connectivity index (χ2n) is 4.34. The highest BCUT2D eigenvalue weighted by molar-refractivity contribution is 5.75. The average Bonchev–Trinajstić information content (AvgIpc) is 2.76. The van der Waals surface area contributed by atoms with E-state index in [1.165, 1.54) is 47.0 Å². The normalized spacial score (nSPS) is 11.4. The molecule has 6 heteroatoms. The molecule has 3 nitrogen and oxygen atoms in total. The highest BCUT2D eigenvalue weighted by Gasteiger charge is 2.13. The van der Waals surface area contributed by atoms with Crippen molar-refractivity contribution in [1.29, 1.82) is 0 Å². The van der Waals surface area contributed by atoms with Crippen LogP contribution in [-0.2, 0) is 0 Å². The Hall–Kier alpha value is -2.50. The van der Waals surface area contributed by atoms with Gasteiger partial charge in [-0.05, 0) is 12.1 Å². The summed E-state index contributed by atoms with van der Waals surface area (Å²) in [7, 11) is 0. The molecule has 2 N–H and O–H groups in total. The summed E-state index contributed by atoms with van der Waals surface area (Å²) in [6.45, 7) is 0. The van der Waals surface area contributed by atoms with Gasteiger partial charge in [0, 0.05) is 17.3 Å². The van der Waals surface area contributed by atoms with E-state index in [1.54, 1.807) is 0 Å². The van der Waals surface area contributed by atoms with Crippen LogP contribution in [0.1, 0.15) is 12.0 Å². The molecule has 0 radical (unpaired) electrons. The average molecular weight is 277 g/mol. The van der Waals surface area contributed by atoms with E-state index in [9.17, 15) is 13.2 Å². The highest BCUT2D eigenvalue weighted by atomic mass is 19.3. The molecule has 20 heavy (non-hydrogen) atoms. The van der Waals surface area contributed by atoms with E-state index in [0.29, 0.717) is 16.9 Å². The lowest BCUT2D eigenvalue weighted by Crippen LogP contribution is -1.95. The smallest absolute Gasteiger partial charge is 0.263 e. The van der Waals surface area contributed by atoms with Crippen molar-refractivity contribution >= 4 is 11.5 Å². The van der Waals surface area contributed by atoms with Crippen molar-refractivity contribution in [2.24, 2.45) is 0 Å². The molecular weight excluding hydrogens is 267 g/mol. The maximum Gasteiger partial charge on any atom is 0.263 e. The Kier molecular flexibility index (Phi) is 2.85. The van der Waals surface area contributed by atoms with Gasteiger partial charge in [-0.15, -0.1) is 0 Å². The standard InChI is InChI=1S/C14H10F3N3/c15-10-5-6-11-19-12(14(18)20(11)7-10)8-1-3-9(4-2-8)13(16)17/h1-7,13H,18H2. The fourth-order valence-corrected chi connectivity index (χ4v) is 2.04. The van der Waals surface area contributed by atoms with Crippen LogP contribution in [0.2, 0.25) is 0 Å². The highest BCUT2D eigenvalue weighted by Crippen LogP contribution is 2.28. The third kappa shape index (κ3) is 1.99. The fourth-order valence-electron chi connectivity index (χ4n) is 2.04. The summed E-state index contributed by atoms with van der Waals surface area (Å²) in [6.07, 6.45) is -1.29. The molecule has 0 amide bonds. The number of benzene rings is 1. The number of aromatic nitrogens is 2. The summed E-state index contributed by atoms with van der Waals surface area (Å²) in [5.41, 5.74) is 7.40. The van der Waals surface area contributed by atoms with Gasteiger partial charge >= 0.3 is 0 Å². The third-order valence-corrected chi connectivity index (χ3v) is 3.06. The first-order valence-corrected chi connectivity index (χ1v) is 5.88. The van der Waals surface area contributed by atoms with E-state index in [2.05, 4.69) is 4.98 Å². The van der Waals surface area contributed by atoms with Crippen LogP contribution in [0.4, 0.5) is 19.0 Å². The van der Waals surface area contributed by atoms with E-state index < -0.39 is 12.2 Å². The van der Waals surface area contributed by atoms with E-state index in [4.69, 9.17) is 5.73 Å². The molecule has 2 aromatic heterocycles. The predicted octanol–water partition coefficient (Wildman–Crippen LogP) is 3.66. The van der Waals surface area contributed by atoms with Gasteiger partial charge in [0.15, 0.2) is 0 Å². The van der Waals surface area contributed by atoms with Crippen molar-refractivity contribution in [2.45, 2.75) is 6.43 Å². The zero-order chi connectivity index (χ0) is 14.3. The summed E-state index contributed by atoms with van der Waals surface area (Å²) in [5, 5.41) is 0. The fraction of sp³-hybridized carbons (Fsp3) is 0.0714. The number of alkyl halides is 2. The van der Waals surface area contributed by atoms with Crippen LogP contribution < -0.4 is 5.73 Å². The molecule has 2 heterocycles. The van der Waals surface area contributed by atoms with Gasteiger partial charge < -0.3 is 5.73 Å². The van der Waals surface area contributed by atoms with Gasteiger partial charge in [-0.25, -0.2) is 18.2 Å². The zero-order valence-corrected chi connectivity index (χ0v) is 10.2. The van der Waals surface area contributed by atoms with Crippen molar-refractivity contribution in [1.82, 2.24) is 9.38 Å². The van der Waals surface area contributed by atoms with Gasteiger partial charge in [-0.2, -0.15) is 0 Å². The van der Waals surface area contributed by atoms with E-state index >= 15 is 0 Å². The lowest BCUT2D eigenvalue weighted by molar-refractivity contribution is 0.151. The topological polar surface area (TPSA) is 43.3 Å². The van der Waals surface area contributed by atoms with Gasteiger partial charge in [0.25, 0.3) is 6.43 Å². The molecule has 1 aromatic carbocycles. The molecule has 0 unspecified atom stereocenters. The molecule has 102 valence electrons. The Morgan fingerprint density at radius 3 is 2.40 bits per heavy atom. The summed E-state index contributed by atoms with van der Waals surface area (Å²) >= 11 is 0. The molecule has 0 aliphatic carbocycles. The molecule has 0 fully saturated rings. The van der Waals surface area contributed by atoms with Gasteiger partial charge in [0.05, 0.1) is 0 Å². The maximum atomic E-state index is 13.2. The van der Waals surface area contributed by atoms with Crippen molar-refractivity contribution in [3.63, 3.8) is 0 Å². The molecule has 0 bridgehead atoms. The lowest BCUT2D eigenvalue weighted by Gasteiger charge is -2.02. The van der Waals surface area contributed by atoms with Gasteiger partial charge in [-0.3, -0.25) is 4.40 Å². The van der Waals surface area contributed by atoms with E-state index in [0.717, 1.165) is 0 Å². The molecule has 0 saturated carbocycles. The quantitative estimate of drug-likeness (QED) is 0.776. The molecule has 0 atom stereocenters. The third-order valence-electron chi connectivity index (χ3n) is 3.06. The van der Waals surface area contributed by atoms with Crippen molar-refractivity contribution in [2.75, 3.05) is 5.73 Å². The van der Waals surface area contributed by atoms with Crippen LogP contribution >= 0.6 is 0 Å². The first-order chi connectivity index (χ1) is 9.56. The minimum atomic E-state index is -2.52. The van der Waals surface area contributed by atoms with Crippen molar-refractivity contribution < 1.29 is 13.2 Å². The second kappa shape index (κ2) is 4.56. The van der Waals surface area contributed by atoms with Gasteiger partial charge in [-0.1, -0.05) is 24.3 Å². The minimum absolute atomic E-state index is 0.0675. The number of nitrogens with zero attached hydrogens (tertiary/aromatic N) is 2. The molecule has 3 aromatic rings. The Balaban J connectivity index is 2.12. The van der Waals surface area contributed by atoms with E-state index in [1.807, 2.05) is 0 Å². The largest absolute Gasteiger partial charge is 0.383 e. The number of imidazole rings is 1. The number of hydrogen-bond donors (Lipinski definition) is 1. The second-order valence-corrected chi connectivity index (χ2v) is 4.34. The predicted molar refractivity (Wildman–Crippen MR) is 70.0 cm³/mol. The zero-order valence-electron chi connectivity index (χ0n) is 10.2. The Bertz CT molecular complexity index is 763. The molecule has 0 saturated heterocycles. The SMILES string of the molecule is Nc1c(-c2ccc(C(F)F)cc2)nc2ccc(F)cn12. The Morgan fingerprint density at radius 1 is 1.05 bits per heavy atom. The number of rotatable bonds is 2. The Labute approximate surface area is 112 Å². The monoisotopic (exact) mass is 277 g/mol. The first kappa shape index (κ1) is 12.5. The number of anilines is 1. The molecule has 3 rings (SSSR count). The molecular formula is C14H10F3N3. The van der Waals surface area contributed by atoms with Crippen LogP contribution in [0.25, 0.3) is 16.9 Å². The summed E-state index contributed by atoms with van der Waals surface area (Å²) in [5.74, 6) is -0.162. The first-order valence-electron chi connectivity index (χ1n) is 5.88. The molecule has 0 aliphatic rings. The van der Waals surface area contributed by atoms with Crippen molar-refractivity contribution in [3.05, 3.63) is 54.0 Å². The van der Waals surface area contributed by atoms with Crippen LogP contribution in [0.3, 0.4) is 0 Å². The number of pyridine rings is 1. The van der Waals surface area contributed by atoms with Crippen LogP contribution in [0.5, 0.6) is 0 Å². The number of nitrogen functional groups attached to an aromatic ring is 1. The Morgan fingerprint density at radius 2 is 1.75 bits per heavy atom. The lowest BCUT2D eigenvalue weighted by atomic mass is 10.1. The number of halogens is 3. The van der Waals surface area contributed by atoms with Crippen LogP contribution in [0, 0.1) is 5.82 Å². The minimum Gasteiger partial charge on any atom is -0.383 e. The van der Waals surface area contributed by atoms with Gasteiger partial charge in [0.1, 0.15) is 23.0 Å². The number of hydrogen-bond acceptors (Lipinski definition) is 2. The van der Waals surface area contributed by atoms with Crippen LogP contribution in [-0.4, -0.2) is 9.38 Å². The summed E-state index contributed by atoms with van der Waals surface area (Å²) < 4.78 is 39.6. The van der Waals surface area contributed by atoms with Crippen molar-refractivity contribution in [3.8, 4) is 11.3 Å². The number of fused-ring (bicyclic) bond motifs is 1. The molecule has 0 spiro atoms. The summed E-state index contributed by atoms with van der Waals surface area (Å²) in [6, 6.07) is 8.48. The summed E-state index contributed by atoms with van der Waals surface area (Å²) in [4.78, 5) is 4.28. The molecule has 0 aliphatic heterocycles. The maximum absolute atomic E-state index is 13.2. The number of nitrogens with two attached hydrogens (primary N) is 1.